The minimum absolute atomic E-state index is 0.0400. The maximum atomic E-state index is 12.8. The van der Waals surface area contributed by atoms with E-state index in [1.165, 1.54) is 17.0 Å². The van der Waals surface area contributed by atoms with Crippen molar-refractivity contribution in [1.82, 2.24) is 10.2 Å². The van der Waals surface area contributed by atoms with Gasteiger partial charge in [-0.3, -0.25) is 14.4 Å². The summed E-state index contributed by atoms with van der Waals surface area (Å²) in [5.74, 6) is -3.43. The van der Waals surface area contributed by atoms with Gasteiger partial charge < -0.3 is 20.4 Å². The lowest BCUT2D eigenvalue weighted by molar-refractivity contribution is -0.140. The normalized spacial score (nSPS) is 18.6. The molecule has 0 radical (unpaired) electrons. The second-order valence-electron chi connectivity index (χ2n) is 7.29. The topological polar surface area (TPSA) is 107 Å². The highest BCUT2D eigenvalue weighted by atomic mass is 19.4. The van der Waals surface area contributed by atoms with Gasteiger partial charge in [0.2, 0.25) is 0 Å². The van der Waals surface area contributed by atoms with E-state index in [2.05, 4.69) is 5.32 Å². The van der Waals surface area contributed by atoms with Gasteiger partial charge in [-0.05, 0) is 30.5 Å². The van der Waals surface area contributed by atoms with Crippen molar-refractivity contribution in [2.45, 2.75) is 32.0 Å². The van der Waals surface area contributed by atoms with Crippen LogP contribution in [0.15, 0.2) is 35.6 Å². The van der Waals surface area contributed by atoms with E-state index >= 15 is 0 Å². The standard InChI is InChI=1S/C19H19F3N2O5/c20-19(21,22)12-4-2-11(3-5-12)9-24-10-18(6-1-7-18)15(27)14(17(24)29)16(28)23-8-13(25)26/h2-5,27H,1,6-10H2,(H,23,28)(H,25,26). The molecule has 3 N–H and O–H groups in total. The molecule has 1 spiro atoms. The van der Waals surface area contributed by atoms with Gasteiger partial charge in [0.25, 0.3) is 11.8 Å². The molecule has 1 saturated carbocycles. The van der Waals surface area contributed by atoms with Crippen LogP contribution in [0.3, 0.4) is 0 Å². The number of nitrogens with zero attached hydrogens (tertiary/aromatic N) is 1. The van der Waals surface area contributed by atoms with Gasteiger partial charge in [-0.15, -0.1) is 0 Å². The summed E-state index contributed by atoms with van der Waals surface area (Å²) in [6.45, 7) is -0.620. The van der Waals surface area contributed by atoms with Crippen molar-refractivity contribution in [3.8, 4) is 0 Å². The molecular formula is C19H19F3N2O5. The Morgan fingerprint density at radius 1 is 1.17 bits per heavy atom. The summed E-state index contributed by atoms with van der Waals surface area (Å²) in [4.78, 5) is 37.1. The molecular weight excluding hydrogens is 393 g/mol. The SMILES string of the molecule is O=C(O)CNC(=O)C1=C(O)C2(CCC2)CN(Cc2ccc(C(F)(F)F)cc2)C1=O. The summed E-state index contributed by atoms with van der Waals surface area (Å²) in [5, 5.41) is 21.3. The van der Waals surface area contributed by atoms with E-state index in [0.29, 0.717) is 18.4 Å². The number of hydrogen-bond donors (Lipinski definition) is 3. The zero-order chi connectivity index (χ0) is 21.4. The number of aliphatic carboxylic acids is 1. The number of aliphatic hydroxyl groups is 1. The predicted molar refractivity (Wildman–Crippen MR) is 93.4 cm³/mol. The van der Waals surface area contributed by atoms with Crippen LogP contribution in [0, 0.1) is 5.41 Å². The van der Waals surface area contributed by atoms with Crippen LogP contribution >= 0.6 is 0 Å². The number of halogens is 3. The molecule has 1 aromatic carbocycles. The molecule has 1 fully saturated rings. The van der Waals surface area contributed by atoms with Gasteiger partial charge in [-0.1, -0.05) is 18.6 Å². The van der Waals surface area contributed by atoms with E-state index in [0.717, 1.165) is 18.6 Å². The highest BCUT2D eigenvalue weighted by Gasteiger charge is 2.50. The maximum absolute atomic E-state index is 12.8. The summed E-state index contributed by atoms with van der Waals surface area (Å²) < 4.78 is 38.2. The predicted octanol–water partition coefficient (Wildman–Crippen LogP) is 2.23. The van der Waals surface area contributed by atoms with E-state index < -0.39 is 47.1 Å². The molecule has 0 aromatic heterocycles. The molecule has 156 valence electrons. The van der Waals surface area contributed by atoms with Gasteiger partial charge in [0.15, 0.2) is 0 Å². The number of rotatable bonds is 5. The summed E-state index contributed by atoms with van der Waals surface area (Å²) in [6, 6.07) is 4.34. The molecule has 10 heteroatoms. The molecule has 1 aromatic rings. The number of carboxylic acids is 1. The smallest absolute Gasteiger partial charge is 0.416 e. The zero-order valence-electron chi connectivity index (χ0n) is 15.3. The summed E-state index contributed by atoms with van der Waals surface area (Å²) in [6.07, 6.45) is -2.59. The van der Waals surface area contributed by atoms with Gasteiger partial charge in [0.05, 0.1) is 5.56 Å². The number of nitrogens with one attached hydrogen (secondary N) is 1. The van der Waals surface area contributed by atoms with Crippen LogP contribution in [0.25, 0.3) is 0 Å². The molecule has 0 atom stereocenters. The monoisotopic (exact) mass is 412 g/mol. The van der Waals surface area contributed by atoms with E-state index in [9.17, 15) is 32.7 Å². The highest BCUT2D eigenvalue weighted by Crippen LogP contribution is 2.50. The molecule has 2 amide bonds. The van der Waals surface area contributed by atoms with Gasteiger partial charge in [-0.25, -0.2) is 0 Å². The third kappa shape index (κ3) is 4.06. The molecule has 3 rings (SSSR count). The van der Waals surface area contributed by atoms with E-state index in [1.54, 1.807) is 0 Å². The third-order valence-corrected chi connectivity index (χ3v) is 5.33. The largest absolute Gasteiger partial charge is 0.511 e. The Kier molecular flexibility index (Phi) is 5.29. The molecule has 1 heterocycles. The maximum Gasteiger partial charge on any atom is 0.416 e. The average Bonchev–Trinajstić information content (AvgIpc) is 2.60. The fraction of sp³-hybridized carbons (Fsp3) is 0.421. The van der Waals surface area contributed by atoms with Crippen LogP contribution in [0.5, 0.6) is 0 Å². The molecule has 1 aliphatic heterocycles. The third-order valence-electron chi connectivity index (χ3n) is 5.33. The van der Waals surface area contributed by atoms with Crippen LogP contribution < -0.4 is 5.32 Å². The average molecular weight is 412 g/mol. The molecule has 0 saturated heterocycles. The zero-order valence-corrected chi connectivity index (χ0v) is 15.3. The van der Waals surface area contributed by atoms with Crippen LogP contribution in [0.1, 0.15) is 30.4 Å². The Balaban J connectivity index is 1.84. The number of carbonyl (C=O) groups excluding carboxylic acids is 2. The minimum atomic E-state index is -4.47. The van der Waals surface area contributed by atoms with Crippen molar-refractivity contribution in [3.05, 3.63) is 46.7 Å². The highest BCUT2D eigenvalue weighted by molar-refractivity contribution is 6.19. The number of alkyl halides is 3. The summed E-state index contributed by atoms with van der Waals surface area (Å²) in [5.41, 5.74) is -1.67. The Labute approximate surface area is 163 Å². The Morgan fingerprint density at radius 3 is 2.28 bits per heavy atom. The van der Waals surface area contributed by atoms with Gasteiger partial charge in [-0.2, -0.15) is 13.2 Å². The molecule has 0 unspecified atom stereocenters. The first-order valence-corrected chi connectivity index (χ1v) is 8.93. The summed E-state index contributed by atoms with van der Waals surface area (Å²) in [7, 11) is 0. The Morgan fingerprint density at radius 2 is 1.79 bits per heavy atom. The van der Waals surface area contributed by atoms with Crippen molar-refractivity contribution < 1.29 is 37.8 Å². The number of hydrogen-bond acceptors (Lipinski definition) is 4. The van der Waals surface area contributed by atoms with E-state index in [4.69, 9.17) is 5.11 Å². The van der Waals surface area contributed by atoms with E-state index in [-0.39, 0.29) is 18.8 Å². The van der Waals surface area contributed by atoms with Crippen molar-refractivity contribution in [2.24, 2.45) is 5.41 Å². The van der Waals surface area contributed by atoms with Crippen LogP contribution in [-0.4, -0.2) is 46.0 Å². The second kappa shape index (κ2) is 7.41. The fourth-order valence-corrected chi connectivity index (χ4v) is 3.63. The van der Waals surface area contributed by atoms with Crippen LogP contribution in [0.2, 0.25) is 0 Å². The number of benzene rings is 1. The first kappa shape index (κ1) is 20.7. The molecule has 29 heavy (non-hydrogen) atoms. The van der Waals surface area contributed by atoms with Crippen molar-refractivity contribution in [2.75, 3.05) is 13.1 Å². The van der Waals surface area contributed by atoms with Crippen LogP contribution in [0.4, 0.5) is 13.2 Å². The lowest BCUT2D eigenvalue weighted by Crippen LogP contribution is -2.53. The van der Waals surface area contributed by atoms with E-state index in [1.807, 2.05) is 0 Å². The molecule has 0 bridgehead atoms. The van der Waals surface area contributed by atoms with Gasteiger partial charge in [0, 0.05) is 18.5 Å². The molecule has 1 aliphatic carbocycles. The summed E-state index contributed by atoms with van der Waals surface area (Å²) >= 11 is 0. The number of amides is 2. The quantitative estimate of drug-likeness (QED) is 0.643. The minimum Gasteiger partial charge on any atom is -0.511 e. The number of carboxylic acid groups (broad SMARTS) is 1. The second-order valence-corrected chi connectivity index (χ2v) is 7.29. The van der Waals surface area contributed by atoms with Crippen molar-refractivity contribution >= 4 is 17.8 Å². The fourth-order valence-electron chi connectivity index (χ4n) is 3.63. The first-order valence-electron chi connectivity index (χ1n) is 8.93. The van der Waals surface area contributed by atoms with Crippen LogP contribution in [-0.2, 0) is 27.1 Å². The Hall–Kier alpha value is -3.04. The Bertz CT molecular complexity index is 873. The lowest BCUT2D eigenvalue weighted by atomic mass is 9.64. The number of aliphatic hydroxyl groups excluding tert-OH is 1. The first-order chi connectivity index (χ1) is 13.5. The van der Waals surface area contributed by atoms with Gasteiger partial charge >= 0.3 is 12.1 Å². The number of carbonyl (C=O) groups is 3. The molecule has 2 aliphatic rings. The van der Waals surface area contributed by atoms with Crippen molar-refractivity contribution in [3.63, 3.8) is 0 Å². The molecule has 7 nitrogen and oxygen atoms in total. The van der Waals surface area contributed by atoms with Crippen molar-refractivity contribution in [1.29, 1.82) is 0 Å². The van der Waals surface area contributed by atoms with Gasteiger partial charge in [0.1, 0.15) is 17.9 Å². The lowest BCUT2D eigenvalue weighted by Gasteiger charge is -2.48.